The molecule has 2 aliphatic rings. The van der Waals surface area contributed by atoms with Crippen LogP contribution in [0.15, 0.2) is 186 Å². The molecule has 0 N–H and O–H groups in total. The quantitative estimate of drug-likeness (QED) is 0.187. The molecule has 0 saturated heterocycles. The molecule has 0 bridgehead atoms. The Morgan fingerprint density at radius 3 is 1.75 bits per heavy atom. The van der Waals surface area contributed by atoms with E-state index in [9.17, 15) is 5.26 Å². The molecule has 1 aliphatic carbocycles. The zero-order chi connectivity index (χ0) is 35.1. The molecule has 0 saturated carbocycles. The van der Waals surface area contributed by atoms with Gasteiger partial charge in [0.2, 0.25) is 0 Å². The van der Waals surface area contributed by atoms with Gasteiger partial charge in [0.05, 0.1) is 28.0 Å². The molecule has 1 spiro atoms. The summed E-state index contributed by atoms with van der Waals surface area (Å²) in [6, 6.07) is 67.0. The maximum atomic E-state index is 11.0. The number of hydrogen-bond acceptors (Lipinski definition) is 3. The molecule has 0 amide bonds. The Bertz CT molecular complexity index is 2920. The molecule has 1 aromatic heterocycles. The van der Waals surface area contributed by atoms with Gasteiger partial charge in [0, 0.05) is 16.3 Å². The molecule has 11 rings (SSSR count). The summed E-state index contributed by atoms with van der Waals surface area (Å²) in [6.45, 7) is 0. The number of nitriles is 1. The molecule has 2 heterocycles. The van der Waals surface area contributed by atoms with Gasteiger partial charge in [-0.15, -0.1) is 0 Å². The highest BCUT2D eigenvalue weighted by molar-refractivity contribution is 6.09. The van der Waals surface area contributed by atoms with Crippen LogP contribution in [0.3, 0.4) is 0 Å². The van der Waals surface area contributed by atoms with Crippen LogP contribution in [0.5, 0.6) is 0 Å². The maximum Gasteiger partial charge on any atom is 0.135 e. The third-order valence-corrected chi connectivity index (χ3v) is 11.3. The molecule has 1 aliphatic heterocycles. The number of furan rings is 1. The second-order valence-electron chi connectivity index (χ2n) is 13.9. The average Bonchev–Trinajstić information content (AvgIpc) is 3.73. The standard InChI is InChI=1S/C50H30N2O/c51-31-35-27-34(32-15-3-1-4-16-32)28-38(33-17-5-2-6-18-33)49(35)52-45-24-12-10-22-42(45)50(43-23-11-13-25-46(43)52)41-21-9-7-19-36(41)39-29-40-37-20-8-14-26-47(37)53-48(40)30-44(39)50/h1-30H. The minimum atomic E-state index is -0.632. The first-order valence-corrected chi connectivity index (χ1v) is 18.0. The van der Waals surface area contributed by atoms with Crippen molar-refractivity contribution in [1.29, 1.82) is 5.26 Å². The van der Waals surface area contributed by atoms with Crippen molar-refractivity contribution in [3.05, 3.63) is 210 Å². The maximum absolute atomic E-state index is 11.0. The van der Waals surface area contributed by atoms with E-state index in [-0.39, 0.29) is 0 Å². The number of nitrogens with zero attached hydrogens (tertiary/aromatic N) is 2. The number of rotatable bonds is 3. The molecule has 0 unspecified atom stereocenters. The summed E-state index contributed by atoms with van der Waals surface area (Å²) in [5.41, 5.74) is 16.0. The summed E-state index contributed by atoms with van der Waals surface area (Å²) >= 11 is 0. The van der Waals surface area contributed by atoms with Gasteiger partial charge in [0.25, 0.3) is 0 Å². The summed E-state index contributed by atoms with van der Waals surface area (Å²) < 4.78 is 6.57. The Kier molecular flexibility index (Phi) is 6.23. The third kappa shape index (κ3) is 4.04. The predicted octanol–water partition coefficient (Wildman–Crippen LogP) is 12.9. The van der Waals surface area contributed by atoms with Crippen LogP contribution in [0.2, 0.25) is 0 Å². The Balaban J connectivity index is 1.25. The molecule has 3 nitrogen and oxygen atoms in total. The lowest BCUT2D eigenvalue weighted by Gasteiger charge is -2.45. The summed E-state index contributed by atoms with van der Waals surface area (Å²) in [5.74, 6) is 0. The number of anilines is 3. The predicted molar refractivity (Wildman–Crippen MR) is 215 cm³/mol. The van der Waals surface area contributed by atoms with Crippen LogP contribution in [0.25, 0.3) is 55.3 Å². The van der Waals surface area contributed by atoms with E-state index in [4.69, 9.17) is 4.42 Å². The first-order valence-electron chi connectivity index (χ1n) is 18.0. The first-order chi connectivity index (χ1) is 26.3. The van der Waals surface area contributed by atoms with E-state index in [1.807, 2.05) is 42.5 Å². The molecule has 8 aromatic carbocycles. The molecule has 0 fully saturated rings. The SMILES string of the molecule is N#Cc1cc(-c2ccccc2)cc(-c2ccccc2)c1N1c2ccccc2C2(c3ccccc3-c3cc4c(cc32)oc2ccccc24)c2ccccc21. The lowest BCUT2D eigenvalue weighted by atomic mass is 9.64. The van der Waals surface area contributed by atoms with Crippen LogP contribution in [-0.2, 0) is 5.41 Å². The largest absolute Gasteiger partial charge is 0.456 e. The lowest BCUT2D eigenvalue weighted by molar-refractivity contribution is 0.665. The fraction of sp³-hybridized carbons (Fsp3) is 0.0200. The van der Waals surface area contributed by atoms with E-state index >= 15 is 0 Å². The van der Waals surface area contributed by atoms with Gasteiger partial charge in [-0.3, -0.25) is 0 Å². The molecular formula is C50H30N2O. The van der Waals surface area contributed by atoms with Gasteiger partial charge in [-0.1, -0.05) is 140 Å². The van der Waals surface area contributed by atoms with Gasteiger partial charge in [-0.2, -0.15) is 5.26 Å². The highest BCUT2D eigenvalue weighted by Gasteiger charge is 2.52. The van der Waals surface area contributed by atoms with Crippen molar-refractivity contribution >= 4 is 39.0 Å². The van der Waals surface area contributed by atoms with Gasteiger partial charge in [0.15, 0.2) is 0 Å². The van der Waals surface area contributed by atoms with E-state index in [0.717, 1.165) is 72.4 Å². The lowest BCUT2D eigenvalue weighted by Crippen LogP contribution is -2.36. The van der Waals surface area contributed by atoms with Crippen LogP contribution in [0, 0.1) is 11.3 Å². The second kappa shape index (κ2) is 11.2. The summed E-state index contributed by atoms with van der Waals surface area (Å²) in [4.78, 5) is 2.34. The van der Waals surface area contributed by atoms with E-state index in [1.54, 1.807) is 0 Å². The molecule has 0 radical (unpaired) electrons. The Morgan fingerprint density at radius 1 is 0.434 bits per heavy atom. The van der Waals surface area contributed by atoms with Crippen molar-refractivity contribution in [2.75, 3.05) is 4.90 Å². The highest BCUT2D eigenvalue weighted by atomic mass is 16.3. The van der Waals surface area contributed by atoms with Crippen LogP contribution in [0.4, 0.5) is 17.1 Å². The smallest absolute Gasteiger partial charge is 0.135 e. The van der Waals surface area contributed by atoms with Crippen molar-refractivity contribution in [1.82, 2.24) is 0 Å². The van der Waals surface area contributed by atoms with Crippen LogP contribution in [-0.4, -0.2) is 0 Å². The van der Waals surface area contributed by atoms with E-state index in [2.05, 4.69) is 150 Å². The molecule has 3 heteroatoms. The van der Waals surface area contributed by atoms with Crippen LogP contribution in [0.1, 0.15) is 27.8 Å². The zero-order valence-corrected chi connectivity index (χ0v) is 28.6. The van der Waals surface area contributed by atoms with Gasteiger partial charge >= 0.3 is 0 Å². The fourth-order valence-corrected chi connectivity index (χ4v) is 9.16. The minimum Gasteiger partial charge on any atom is -0.456 e. The minimum absolute atomic E-state index is 0.613. The molecule has 0 atom stereocenters. The zero-order valence-electron chi connectivity index (χ0n) is 28.6. The number of hydrogen-bond donors (Lipinski definition) is 0. The fourth-order valence-electron chi connectivity index (χ4n) is 9.16. The van der Waals surface area contributed by atoms with Gasteiger partial charge in [-0.05, 0) is 92.5 Å². The van der Waals surface area contributed by atoms with Crippen molar-refractivity contribution < 1.29 is 4.42 Å². The van der Waals surface area contributed by atoms with Crippen LogP contribution >= 0.6 is 0 Å². The third-order valence-electron chi connectivity index (χ3n) is 11.3. The van der Waals surface area contributed by atoms with E-state index < -0.39 is 5.41 Å². The van der Waals surface area contributed by atoms with Crippen molar-refractivity contribution in [2.24, 2.45) is 0 Å². The number of para-hydroxylation sites is 3. The Labute approximate surface area is 307 Å². The molecule has 9 aromatic rings. The summed E-state index contributed by atoms with van der Waals surface area (Å²) in [7, 11) is 0. The van der Waals surface area contributed by atoms with E-state index in [0.29, 0.717) is 5.56 Å². The molecule has 246 valence electrons. The van der Waals surface area contributed by atoms with Crippen molar-refractivity contribution in [3.63, 3.8) is 0 Å². The number of benzene rings is 8. The summed E-state index contributed by atoms with van der Waals surface area (Å²) in [6.07, 6.45) is 0. The Morgan fingerprint density at radius 2 is 1.04 bits per heavy atom. The molecular weight excluding hydrogens is 645 g/mol. The van der Waals surface area contributed by atoms with E-state index in [1.165, 1.54) is 22.3 Å². The van der Waals surface area contributed by atoms with Crippen molar-refractivity contribution in [3.8, 4) is 39.4 Å². The second-order valence-corrected chi connectivity index (χ2v) is 13.9. The first kappa shape index (κ1) is 29.6. The molecule has 53 heavy (non-hydrogen) atoms. The average molecular weight is 675 g/mol. The Hall–Kier alpha value is -7.15. The normalized spacial score (nSPS) is 13.4. The van der Waals surface area contributed by atoms with Gasteiger partial charge < -0.3 is 9.32 Å². The van der Waals surface area contributed by atoms with Gasteiger partial charge in [0.1, 0.15) is 17.2 Å². The van der Waals surface area contributed by atoms with Crippen molar-refractivity contribution in [2.45, 2.75) is 5.41 Å². The van der Waals surface area contributed by atoms with Gasteiger partial charge in [-0.25, -0.2) is 0 Å². The topological polar surface area (TPSA) is 40.2 Å². The highest BCUT2D eigenvalue weighted by Crippen LogP contribution is 2.64. The van der Waals surface area contributed by atoms with Crippen LogP contribution < -0.4 is 4.90 Å². The monoisotopic (exact) mass is 674 g/mol. The number of fused-ring (bicyclic) bond motifs is 12. The summed E-state index contributed by atoms with van der Waals surface area (Å²) in [5, 5.41) is 13.3.